The summed E-state index contributed by atoms with van der Waals surface area (Å²) in [6.07, 6.45) is 1.96. The number of likely N-dealkylation sites (tertiary alicyclic amines) is 1. The number of hydrogen-bond donors (Lipinski definition) is 1. The predicted octanol–water partition coefficient (Wildman–Crippen LogP) is 4.68. The minimum absolute atomic E-state index is 0.0667. The molecule has 2 aromatic carbocycles. The van der Waals surface area contributed by atoms with Crippen LogP contribution in [0, 0.1) is 5.82 Å². The Balaban J connectivity index is 1.78. The lowest BCUT2D eigenvalue weighted by Crippen LogP contribution is -2.32. The van der Waals surface area contributed by atoms with Gasteiger partial charge in [-0.3, -0.25) is 14.6 Å². The van der Waals surface area contributed by atoms with E-state index in [0.717, 1.165) is 5.56 Å². The summed E-state index contributed by atoms with van der Waals surface area (Å²) in [6.45, 7) is 4.62. The predicted molar refractivity (Wildman–Crippen MR) is 132 cm³/mol. The Kier molecular flexibility index (Phi) is 7.63. The van der Waals surface area contributed by atoms with Gasteiger partial charge in [-0.25, -0.2) is 4.39 Å². The SMILES string of the molecule is CCOc1ccc(/C(O)=C2/C(=O)C(=O)N(CCc3ccc(F)cc3)C2c2ccccn2)c(OCC)c1. The molecule has 1 aromatic heterocycles. The lowest BCUT2D eigenvalue weighted by molar-refractivity contribution is -0.139. The number of hydrogen-bond acceptors (Lipinski definition) is 6. The van der Waals surface area contributed by atoms with Gasteiger partial charge in [0.15, 0.2) is 0 Å². The third-order valence-corrected chi connectivity index (χ3v) is 5.88. The van der Waals surface area contributed by atoms with Gasteiger partial charge in [-0.2, -0.15) is 0 Å². The average molecular weight is 491 g/mol. The second-order valence-corrected chi connectivity index (χ2v) is 8.15. The molecule has 1 saturated heterocycles. The molecule has 0 spiro atoms. The number of ketones is 1. The quantitative estimate of drug-likeness (QED) is 0.266. The third-order valence-electron chi connectivity index (χ3n) is 5.88. The maximum Gasteiger partial charge on any atom is 0.295 e. The molecule has 1 amide bonds. The van der Waals surface area contributed by atoms with Crippen LogP contribution in [0.1, 0.15) is 36.7 Å². The van der Waals surface area contributed by atoms with Gasteiger partial charge in [0.2, 0.25) is 0 Å². The van der Waals surface area contributed by atoms with E-state index in [-0.39, 0.29) is 29.3 Å². The zero-order chi connectivity index (χ0) is 25.7. The van der Waals surface area contributed by atoms with E-state index in [4.69, 9.17) is 9.47 Å². The van der Waals surface area contributed by atoms with Crippen LogP contribution in [0.5, 0.6) is 11.5 Å². The van der Waals surface area contributed by atoms with Crippen molar-refractivity contribution in [2.45, 2.75) is 26.3 Å². The molecule has 1 fully saturated rings. The maximum atomic E-state index is 13.3. The van der Waals surface area contributed by atoms with Crippen LogP contribution in [0.25, 0.3) is 5.76 Å². The standard InChI is InChI=1S/C28H27FN2O5/c1-3-35-20-12-13-21(23(17-20)36-4-2)26(32)24-25(22-7-5-6-15-30-22)31(28(34)27(24)33)16-14-18-8-10-19(29)11-9-18/h5-13,15,17,25,32H,3-4,14,16H2,1-2H3/b26-24-. The molecule has 8 heteroatoms. The normalized spacial score (nSPS) is 16.9. The van der Waals surface area contributed by atoms with Gasteiger partial charge < -0.3 is 19.5 Å². The van der Waals surface area contributed by atoms with E-state index in [1.807, 2.05) is 6.92 Å². The summed E-state index contributed by atoms with van der Waals surface area (Å²) >= 11 is 0. The fourth-order valence-corrected chi connectivity index (χ4v) is 4.23. The van der Waals surface area contributed by atoms with Crippen LogP contribution in [0.4, 0.5) is 4.39 Å². The van der Waals surface area contributed by atoms with Crippen LogP contribution < -0.4 is 9.47 Å². The summed E-state index contributed by atoms with van der Waals surface area (Å²) in [5.41, 5.74) is 1.46. The van der Waals surface area contributed by atoms with Gasteiger partial charge in [-0.15, -0.1) is 0 Å². The van der Waals surface area contributed by atoms with Gasteiger partial charge in [-0.05, 0) is 62.2 Å². The second kappa shape index (κ2) is 11.0. The van der Waals surface area contributed by atoms with Crippen LogP contribution in [-0.2, 0) is 16.0 Å². The number of Topliss-reactive ketones (excluding diaryl/α,β-unsaturated/α-hetero) is 1. The molecular weight excluding hydrogens is 463 g/mol. The highest BCUT2D eigenvalue weighted by Crippen LogP contribution is 2.41. The van der Waals surface area contributed by atoms with Crippen molar-refractivity contribution >= 4 is 17.4 Å². The molecule has 2 heterocycles. The smallest absolute Gasteiger partial charge is 0.295 e. The number of nitrogens with zero attached hydrogens (tertiary/aromatic N) is 2. The number of rotatable bonds is 9. The van der Waals surface area contributed by atoms with E-state index in [1.165, 1.54) is 17.0 Å². The number of benzene rings is 2. The Labute approximate surface area is 208 Å². The molecule has 0 bridgehead atoms. The van der Waals surface area contributed by atoms with Gasteiger partial charge in [0.05, 0.1) is 30.0 Å². The number of ether oxygens (including phenoxy) is 2. The molecule has 186 valence electrons. The van der Waals surface area contributed by atoms with E-state index < -0.39 is 17.7 Å². The van der Waals surface area contributed by atoms with E-state index in [9.17, 15) is 19.1 Å². The number of aliphatic hydroxyl groups is 1. The number of pyridine rings is 1. The zero-order valence-corrected chi connectivity index (χ0v) is 20.1. The number of halogens is 1. The van der Waals surface area contributed by atoms with Crippen molar-refractivity contribution in [2.75, 3.05) is 19.8 Å². The summed E-state index contributed by atoms with van der Waals surface area (Å²) in [5, 5.41) is 11.4. The van der Waals surface area contributed by atoms with Crippen LogP contribution >= 0.6 is 0 Å². The monoisotopic (exact) mass is 490 g/mol. The molecule has 0 aliphatic carbocycles. The molecule has 0 radical (unpaired) electrons. The molecule has 1 atom stereocenters. The third kappa shape index (κ3) is 5.07. The van der Waals surface area contributed by atoms with E-state index in [2.05, 4.69) is 4.98 Å². The molecular formula is C28H27FN2O5. The van der Waals surface area contributed by atoms with E-state index in [0.29, 0.717) is 36.8 Å². The van der Waals surface area contributed by atoms with Crippen molar-refractivity contribution in [3.63, 3.8) is 0 Å². The molecule has 36 heavy (non-hydrogen) atoms. The lowest BCUT2D eigenvalue weighted by atomic mass is 9.97. The summed E-state index contributed by atoms with van der Waals surface area (Å²) in [6, 6.07) is 15.2. The van der Waals surface area contributed by atoms with Crippen molar-refractivity contribution in [3.8, 4) is 11.5 Å². The Hall–Kier alpha value is -4.20. The van der Waals surface area contributed by atoms with Crippen LogP contribution in [0.15, 0.2) is 72.4 Å². The first-order valence-corrected chi connectivity index (χ1v) is 11.8. The molecule has 1 N–H and O–H groups in total. The summed E-state index contributed by atoms with van der Waals surface area (Å²) < 4.78 is 24.6. The number of carbonyl (C=O) groups is 2. The first-order chi connectivity index (χ1) is 17.4. The topological polar surface area (TPSA) is 89.0 Å². The first kappa shape index (κ1) is 24.9. The van der Waals surface area contributed by atoms with Crippen LogP contribution in [-0.4, -0.2) is 46.4 Å². The van der Waals surface area contributed by atoms with Crippen molar-refractivity contribution in [1.29, 1.82) is 0 Å². The Morgan fingerprint density at radius 3 is 2.44 bits per heavy atom. The van der Waals surface area contributed by atoms with Gasteiger partial charge >= 0.3 is 0 Å². The zero-order valence-electron chi connectivity index (χ0n) is 20.1. The molecule has 4 rings (SSSR count). The largest absolute Gasteiger partial charge is 0.507 e. The van der Waals surface area contributed by atoms with E-state index >= 15 is 0 Å². The maximum absolute atomic E-state index is 13.3. The van der Waals surface area contributed by atoms with Gasteiger partial charge in [0.25, 0.3) is 11.7 Å². The van der Waals surface area contributed by atoms with Crippen LogP contribution in [0.3, 0.4) is 0 Å². The highest BCUT2D eigenvalue weighted by Gasteiger charge is 2.46. The summed E-state index contributed by atoms with van der Waals surface area (Å²) in [7, 11) is 0. The molecule has 1 unspecified atom stereocenters. The van der Waals surface area contributed by atoms with Crippen molar-refractivity contribution in [3.05, 3.63) is 95.1 Å². The highest BCUT2D eigenvalue weighted by molar-refractivity contribution is 6.46. The number of carbonyl (C=O) groups excluding carboxylic acids is 2. The second-order valence-electron chi connectivity index (χ2n) is 8.15. The minimum atomic E-state index is -0.896. The Morgan fingerprint density at radius 1 is 1.03 bits per heavy atom. The van der Waals surface area contributed by atoms with Gasteiger partial charge in [-0.1, -0.05) is 18.2 Å². The minimum Gasteiger partial charge on any atom is -0.507 e. The van der Waals surface area contributed by atoms with Gasteiger partial charge in [0, 0.05) is 18.8 Å². The first-order valence-electron chi connectivity index (χ1n) is 11.8. The van der Waals surface area contributed by atoms with Crippen molar-refractivity contribution < 1.29 is 28.6 Å². The number of aromatic nitrogens is 1. The molecule has 0 saturated carbocycles. The van der Waals surface area contributed by atoms with Crippen molar-refractivity contribution in [1.82, 2.24) is 9.88 Å². The van der Waals surface area contributed by atoms with Crippen molar-refractivity contribution in [2.24, 2.45) is 0 Å². The number of aliphatic hydroxyl groups excluding tert-OH is 1. The Morgan fingerprint density at radius 2 is 1.78 bits per heavy atom. The Bertz CT molecular complexity index is 1270. The number of amides is 1. The summed E-state index contributed by atoms with van der Waals surface area (Å²) in [4.78, 5) is 32.2. The summed E-state index contributed by atoms with van der Waals surface area (Å²) in [5.74, 6) is -1.36. The fourth-order valence-electron chi connectivity index (χ4n) is 4.23. The lowest BCUT2D eigenvalue weighted by Gasteiger charge is -2.24. The highest BCUT2D eigenvalue weighted by atomic mass is 19.1. The molecule has 1 aliphatic rings. The van der Waals surface area contributed by atoms with Gasteiger partial charge in [0.1, 0.15) is 29.1 Å². The fraction of sp³-hybridized carbons (Fsp3) is 0.250. The van der Waals surface area contributed by atoms with Crippen LogP contribution in [0.2, 0.25) is 0 Å². The molecule has 3 aromatic rings. The average Bonchev–Trinajstić information content (AvgIpc) is 3.14. The molecule has 1 aliphatic heterocycles. The van der Waals surface area contributed by atoms with E-state index in [1.54, 1.807) is 61.7 Å². The molecule has 7 nitrogen and oxygen atoms in total.